The Morgan fingerprint density at radius 1 is 0.322 bits per heavy atom. The molecule has 1 atom stereocenters. The maximum atomic E-state index is 12.7. The molecule has 0 spiro atoms. The number of rotatable bonds is 47. The SMILES string of the molecule is CCCCCCCCCCCCCCCC(=O)OC[C@@H](COC(=O)CCCCCCCCCCCCCCCCCC(C)C)OC(=O)CCCCCCCCCC(C)C. The van der Waals surface area contributed by atoms with Gasteiger partial charge in [0, 0.05) is 19.3 Å². The lowest BCUT2D eigenvalue weighted by molar-refractivity contribution is -0.167. The number of hydrogen-bond acceptors (Lipinski definition) is 6. The van der Waals surface area contributed by atoms with Gasteiger partial charge in [0.15, 0.2) is 6.10 Å². The number of carbonyl (C=O) groups is 3. The fourth-order valence-corrected chi connectivity index (χ4v) is 7.99. The molecule has 0 saturated heterocycles. The normalized spacial score (nSPS) is 12.1. The molecule has 0 N–H and O–H groups in total. The Labute approximate surface area is 368 Å². The summed E-state index contributed by atoms with van der Waals surface area (Å²) in [7, 11) is 0. The molecule has 59 heavy (non-hydrogen) atoms. The molecule has 0 saturated carbocycles. The Hall–Kier alpha value is -1.59. The Morgan fingerprint density at radius 2 is 0.559 bits per heavy atom. The molecule has 6 heteroatoms. The quantitative estimate of drug-likeness (QED) is 0.0345. The Kier molecular flexibility index (Phi) is 44.7. The fraction of sp³-hybridized carbons (Fsp3) is 0.943. The minimum atomic E-state index is -0.762. The van der Waals surface area contributed by atoms with Crippen molar-refractivity contribution in [1.82, 2.24) is 0 Å². The van der Waals surface area contributed by atoms with Gasteiger partial charge < -0.3 is 14.2 Å². The van der Waals surface area contributed by atoms with Gasteiger partial charge in [-0.1, -0.05) is 253 Å². The standard InChI is InChI=1S/C53H102O6/c1-6-7-8-9-10-11-12-16-20-23-28-33-38-43-51(54)57-46-50(59-53(56)45-40-35-30-25-27-32-37-42-49(4)5)47-58-52(55)44-39-34-29-24-21-18-15-13-14-17-19-22-26-31-36-41-48(2)3/h48-50H,6-47H2,1-5H3/t50-/m0/s1. The van der Waals surface area contributed by atoms with E-state index in [0.29, 0.717) is 19.3 Å². The molecule has 0 bridgehead atoms. The first-order chi connectivity index (χ1) is 28.7. The molecule has 0 amide bonds. The molecule has 0 aromatic rings. The summed E-state index contributed by atoms with van der Waals surface area (Å²) in [6.07, 6.45) is 46.7. The topological polar surface area (TPSA) is 78.9 Å². The third-order valence-corrected chi connectivity index (χ3v) is 12.0. The van der Waals surface area contributed by atoms with Crippen LogP contribution in [0.15, 0.2) is 0 Å². The van der Waals surface area contributed by atoms with Gasteiger partial charge in [-0.3, -0.25) is 14.4 Å². The summed E-state index contributed by atoms with van der Waals surface area (Å²) in [6, 6.07) is 0. The van der Waals surface area contributed by atoms with E-state index in [0.717, 1.165) is 69.6 Å². The summed E-state index contributed by atoms with van der Waals surface area (Å²) in [5.41, 5.74) is 0. The molecular formula is C53H102O6. The molecule has 6 nitrogen and oxygen atoms in total. The number of unbranched alkanes of at least 4 members (excludes halogenated alkanes) is 32. The average molecular weight is 835 g/mol. The van der Waals surface area contributed by atoms with Crippen LogP contribution in [0.2, 0.25) is 0 Å². The Bertz CT molecular complexity index is 900. The molecule has 0 rings (SSSR count). The van der Waals surface area contributed by atoms with Crippen molar-refractivity contribution in [2.24, 2.45) is 11.8 Å². The van der Waals surface area contributed by atoms with E-state index in [1.807, 2.05) is 0 Å². The zero-order valence-electron chi connectivity index (χ0n) is 40.4. The van der Waals surface area contributed by atoms with Crippen LogP contribution in [-0.4, -0.2) is 37.2 Å². The highest BCUT2D eigenvalue weighted by molar-refractivity contribution is 5.71. The predicted molar refractivity (Wildman–Crippen MR) is 252 cm³/mol. The van der Waals surface area contributed by atoms with Gasteiger partial charge in [0.1, 0.15) is 13.2 Å². The molecule has 0 heterocycles. The second-order valence-corrected chi connectivity index (χ2v) is 19.1. The average Bonchev–Trinajstić information content (AvgIpc) is 3.20. The molecule has 0 aliphatic carbocycles. The maximum absolute atomic E-state index is 12.7. The van der Waals surface area contributed by atoms with E-state index in [2.05, 4.69) is 34.6 Å². The van der Waals surface area contributed by atoms with E-state index < -0.39 is 6.10 Å². The predicted octanol–water partition coefficient (Wildman–Crippen LogP) is 16.9. The molecule has 0 radical (unpaired) electrons. The van der Waals surface area contributed by atoms with Crippen molar-refractivity contribution in [1.29, 1.82) is 0 Å². The van der Waals surface area contributed by atoms with Gasteiger partial charge in [0.2, 0.25) is 0 Å². The number of ether oxygens (including phenoxy) is 3. The van der Waals surface area contributed by atoms with Crippen molar-refractivity contribution < 1.29 is 28.6 Å². The van der Waals surface area contributed by atoms with E-state index in [1.54, 1.807) is 0 Å². The lowest BCUT2D eigenvalue weighted by Crippen LogP contribution is -2.30. The molecule has 0 aliphatic heterocycles. The first kappa shape index (κ1) is 57.4. The van der Waals surface area contributed by atoms with Gasteiger partial charge in [-0.15, -0.1) is 0 Å². The zero-order chi connectivity index (χ0) is 43.3. The van der Waals surface area contributed by atoms with E-state index in [-0.39, 0.29) is 31.1 Å². The summed E-state index contributed by atoms with van der Waals surface area (Å²) in [5.74, 6) is 0.777. The van der Waals surface area contributed by atoms with Crippen LogP contribution < -0.4 is 0 Å². The zero-order valence-corrected chi connectivity index (χ0v) is 40.4. The summed E-state index contributed by atoms with van der Waals surface area (Å²) < 4.78 is 16.8. The van der Waals surface area contributed by atoms with E-state index in [9.17, 15) is 14.4 Å². The molecular weight excluding hydrogens is 733 g/mol. The van der Waals surface area contributed by atoms with Gasteiger partial charge in [-0.2, -0.15) is 0 Å². The van der Waals surface area contributed by atoms with Crippen LogP contribution in [0.25, 0.3) is 0 Å². The van der Waals surface area contributed by atoms with Crippen molar-refractivity contribution in [3.8, 4) is 0 Å². The van der Waals surface area contributed by atoms with Crippen LogP contribution in [-0.2, 0) is 28.6 Å². The summed E-state index contributed by atoms with van der Waals surface area (Å²) in [5, 5.41) is 0. The molecule has 0 fully saturated rings. The third kappa shape index (κ3) is 47.3. The van der Waals surface area contributed by atoms with Crippen LogP contribution in [0.3, 0.4) is 0 Å². The fourth-order valence-electron chi connectivity index (χ4n) is 7.99. The van der Waals surface area contributed by atoms with Gasteiger partial charge in [0.05, 0.1) is 0 Å². The smallest absolute Gasteiger partial charge is 0.306 e. The van der Waals surface area contributed by atoms with E-state index >= 15 is 0 Å². The summed E-state index contributed by atoms with van der Waals surface area (Å²) in [6.45, 7) is 11.3. The lowest BCUT2D eigenvalue weighted by atomic mass is 10.0. The first-order valence-electron chi connectivity index (χ1n) is 26.2. The monoisotopic (exact) mass is 835 g/mol. The third-order valence-electron chi connectivity index (χ3n) is 12.0. The Balaban J connectivity index is 4.24. The first-order valence-corrected chi connectivity index (χ1v) is 26.2. The lowest BCUT2D eigenvalue weighted by Gasteiger charge is -2.18. The van der Waals surface area contributed by atoms with Crippen molar-refractivity contribution in [2.75, 3.05) is 13.2 Å². The van der Waals surface area contributed by atoms with Gasteiger partial charge in [-0.05, 0) is 31.1 Å². The van der Waals surface area contributed by atoms with Crippen LogP contribution in [0.5, 0.6) is 0 Å². The molecule has 350 valence electrons. The Morgan fingerprint density at radius 3 is 0.831 bits per heavy atom. The molecule has 0 aromatic carbocycles. The van der Waals surface area contributed by atoms with Gasteiger partial charge in [0.25, 0.3) is 0 Å². The second kappa shape index (κ2) is 45.9. The number of carbonyl (C=O) groups excluding carboxylic acids is 3. The van der Waals surface area contributed by atoms with Crippen molar-refractivity contribution in [2.45, 2.75) is 298 Å². The van der Waals surface area contributed by atoms with Crippen LogP contribution >= 0.6 is 0 Å². The summed E-state index contributed by atoms with van der Waals surface area (Å²) >= 11 is 0. The van der Waals surface area contributed by atoms with Gasteiger partial charge >= 0.3 is 17.9 Å². The van der Waals surface area contributed by atoms with Crippen LogP contribution in [0, 0.1) is 11.8 Å². The van der Waals surface area contributed by atoms with Crippen LogP contribution in [0.4, 0.5) is 0 Å². The highest BCUT2D eigenvalue weighted by Crippen LogP contribution is 2.17. The number of esters is 3. The van der Waals surface area contributed by atoms with E-state index in [4.69, 9.17) is 14.2 Å². The minimum Gasteiger partial charge on any atom is -0.462 e. The molecule has 0 unspecified atom stereocenters. The highest BCUT2D eigenvalue weighted by atomic mass is 16.6. The second-order valence-electron chi connectivity index (χ2n) is 19.1. The number of hydrogen-bond donors (Lipinski definition) is 0. The maximum Gasteiger partial charge on any atom is 0.306 e. The molecule has 0 aliphatic rings. The highest BCUT2D eigenvalue weighted by Gasteiger charge is 2.19. The minimum absolute atomic E-state index is 0.0642. The molecule has 0 aromatic heterocycles. The summed E-state index contributed by atoms with van der Waals surface area (Å²) in [4.78, 5) is 37.9. The van der Waals surface area contributed by atoms with E-state index in [1.165, 1.54) is 180 Å². The van der Waals surface area contributed by atoms with Crippen molar-refractivity contribution >= 4 is 17.9 Å². The van der Waals surface area contributed by atoms with Crippen LogP contribution in [0.1, 0.15) is 291 Å². The van der Waals surface area contributed by atoms with Crippen molar-refractivity contribution in [3.63, 3.8) is 0 Å². The van der Waals surface area contributed by atoms with Gasteiger partial charge in [-0.25, -0.2) is 0 Å². The van der Waals surface area contributed by atoms with Crippen molar-refractivity contribution in [3.05, 3.63) is 0 Å². The largest absolute Gasteiger partial charge is 0.462 e.